The van der Waals surface area contributed by atoms with Crippen molar-refractivity contribution in [3.05, 3.63) is 59.2 Å². The zero-order valence-electron chi connectivity index (χ0n) is 21.9. The molecule has 9 nitrogen and oxygen atoms in total. The number of aryl methyl sites for hydroxylation is 3. The minimum atomic E-state index is -3.59. The molecule has 38 heavy (non-hydrogen) atoms. The Morgan fingerprint density at radius 1 is 1.05 bits per heavy atom. The second kappa shape index (κ2) is 10.6. The van der Waals surface area contributed by atoms with Crippen LogP contribution >= 0.6 is 11.8 Å². The average Bonchev–Trinajstić information content (AvgIpc) is 3.29. The molecule has 0 radical (unpaired) electrons. The number of amides is 1. The molecule has 1 unspecified atom stereocenters. The Hall–Kier alpha value is -2.99. The Morgan fingerprint density at radius 2 is 1.76 bits per heavy atom. The second-order valence-corrected chi connectivity index (χ2v) is 12.6. The van der Waals surface area contributed by atoms with Crippen LogP contribution in [-0.4, -0.2) is 64.8 Å². The van der Waals surface area contributed by atoms with Gasteiger partial charge >= 0.3 is 0 Å². The number of nitrogens with one attached hydrogen (secondary N) is 1. The zero-order valence-corrected chi connectivity index (χ0v) is 23.5. The van der Waals surface area contributed by atoms with Gasteiger partial charge in [0.05, 0.1) is 28.9 Å². The smallest absolute Gasteiger partial charge is 0.243 e. The van der Waals surface area contributed by atoms with Crippen molar-refractivity contribution in [1.29, 1.82) is 0 Å². The average molecular weight is 554 g/mol. The van der Waals surface area contributed by atoms with Gasteiger partial charge in [-0.2, -0.15) is 4.31 Å². The number of carbonyl (C=O) groups excluding carboxylic acids is 1. The first-order chi connectivity index (χ1) is 18.2. The standard InChI is InChI=1S/C27H31N5O4S2/c1-5-23(26(33)28-20-6-8-21(9-7-20)38(34,35)31-10-12-36-13-11-31)37-27-30-29-24-16-18(3)22-15-17(2)14-19(4)25(22)32(24)27/h6-9,14-16,23H,5,10-13H2,1-4H3,(H,28,33). The van der Waals surface area contributed by atoms with Crippen molar-refractivity contribution in [1.82, 2.24) is 18.9 Å². The molecule has 2 aromatic heterocycles. The Kier molecular flexibility index (Phi) is 7.45. The number of hydrogen-bond donors (Lipinski definition) is 1. The lowest BCUT2D eigenvalue weighted by molar-refractivity contribution is -0.115. The van der Waals surface area contributed by atoms with Crippen molar-refractivity contribution < 1.29 is 17.9 Å². The van der Waals surface area contributed by atoms with Crippen molar-refractivity contribution in [2.45, 2.75) is 49.4 Å². The summed E-state index contributed by atoms with van der Waals surface area (Å²) in [4.78, 5) is 13.4. The molecule has 3 heterocycles. The van der Waals surface area contributed by atoms with Crippen molar-refractivity contribution >= 4 is 49.9 Å². The molecular formula is C27H31N5O4S2. The highest BCUT2D eigenvalue weighted by molar-refractivity contribution is 8.00. The molecule has 200 valence electrons. The van der Waals surface area contributed by atoms with E-state index in [-0.39, 0.29) is 10.8 Å². The number of morpholine rings is 1. The van der Waals surface area contributed by atoms with Crippen molar-refractivity contribution in [2.24, 2.45) is 0 Å². The van der Waals surface area contributed by atoms with Gasteiger partial charge in [-0.25, -0.2) is 8.42 Å². The summed E-state index contributed by atoms with van der Waals surface area (Å²) in [6, 6.07) is 12.6. The maximum atomic E-state index is 13.2. The molecule has 4 aromatic rings. The first kappa shape index (κ1) is 26.6. The van der Waals surface area contributed by atoms with E-state index >= 15 is 0 Å². The number of hydrogen-bond acceptors (Lipinski definition) is 7. The SMILES string of the molecule is CCC(Sc1nnc2cc(C)c3cc(C)cc(C)c3n12)C(=O)Nc1ccc(S(=O)(=O)N2CCOCC2)cc1. The number of benzene rings is 2. The van der Waals surface area contributed by atoms with Gasteiger partial charge in [0.2, 0.25) is 15.9 Å². The van der Waals surface area contributed by atoms with E-state index in [0.29, 0.717) is 43.6 Å². The normalized spacial score (nSPS) is 15.7. The molecule has 2 aromatic carbocycles. The summed E-state index contributed by atoms with van der Waals surface area (Å²) in [6.45, 7) is 9.63. The van der Waals surface area contributed by atoms with E-state index in [9.17, 15) is 13.2 Å². The van der Waals surface area contributed by atoms with E-state index < -0.39 is 15.3 Å². The summed E-state index contributed by atoms with van der Waals surface area (Å²) >= 11 is 1.37. The van der Waals surface area contributed by atoms with Crippen molar-refractivity contribution in [3.8, 4) is 0 Å². The van der Waals surface area contributed by atoms with Crippen LogP contribution in [0, 0.1) is 20.8 Å². The van der Waals surface area contributed by atoms with Gasteiger partial charge in [-0.1, -0.05) is 30.3 Å². The largest absolute Gasteiger partial charge is 0.379 e. The van der Waals surface area contributed by atoms with E-state index in [1.54, 1.807) is 12.1 Å². The monoisotopic (exact) mass is 553 g/mol. The minimum absolute atomic E-state index is 0.179. The Labute approximate surface area is 226 Å². The summed E-state index contributed by atoms with van der Waals surface area (Å²) < 4.78 is 34.5. The molecule has 1 N–H and O–H groups in total. The van der Waals surface area contributed by atoms with Gasteiger partial charge in [0.25, 0.3) is 0 Å². The molecule has 5 rings (SSSR count). The number of anilines is 1. The third kappa shape index (κ3) is 5.03. The highest BCUT2D eigenvalue weighted by atomic mass is 32.2. The quantitative estimate of drug-likeness (QED) is 0.340. The highest BCUT2D eigenvalue weighted by Gasteiger charge is 2.27. The fourth-order valence-corrected chi connectivity index (χ4v) is 7.18. The third-order valence-corrected chi connectivity index (χ3v) is 9.96. The van der Waals surface area contributed by atoms with Crippen LogP contribution in [-0.2, 0) is 19.6 Å². The maximum absolute atomic E-state index is 13.2. The fourth-order valence-electron chi connectivity index (χ4n) is 4.81. The maximum Gasteiger partial charge on any atom is 0.243 e. The number of ether oxygens (including phenoxy) is 1. The van der Waals surface area contributed by atoms with Crippen LogP contribution < -0.4 is 5.32 Å². The van der Waals surface area contributed by atoms with E-state index in [1.807, 2.05) is 17.4 Å². The molecule has 0 aliphatic carbocycles. The lowest BCUT2D eigenvalue weighted by Crippen LogP contribution is -2.40. The number of sulfonamides is 1. The van der Waals surface area contributed by atoms with Gasteiger partial charge in [0.15, 0.2) is 10.8 Å². The number of aromatic nitrogens is 3. The molecule has 1 fully saturated rings. The number of rotatable bonds is 7. The van der Waals surface area contributed by atoms with Crippen LogP contribution in [0.5, 0.6) is 0 Å². The zero-order chi connectivity index (χ0) is 27.0. The molecule has 1 saturated heterocycles. The van der Waals surface area contributed by atoms with E-state index in [0.717, 1.165) is 27.7 Å². The second-order valence-electron chi connectivity index (χ2n) is 9.53. The molecule has 1 amide bonds. The van der Waals surface area contributed by atoms with Gasteiger partial charge in [0.1, 0.15) is 0 Å². The number of fused-ring (bicyclic) bond motifs is 3. The van der Waals surface area contributed by atoms with E-state index in [2.05, 4.69) is 48.4 Å². The lowest BCUT2D eigenvalue weighted by atomic mass is 10.0. The number of thioether (sulfide) groups is 1. The van der Waals surface area contributed by atoms with Crippen LogP contribution in [0.1, 0.15) is 30.0 Å². The Morgan fingerprint density at radius 3 is 2.45 bits per heavy atom. The van der Waals surface area contributed by atoms with Crippen LogP contribution in [0.25, 0.3) is 16.6 Å². The van der Waals surface area contributed by atoms with Crippen molar-refractivity contribution in [3.63, 3.8) is 0 Å². The van der Waals surface area contributed by atoms with Gasteiger partial charge < -0.3 is 10.1 Å². The van der Waals surface area contributed by atoms with Crippen molar-refractivity contribution in [2.75, 3.05) is 31.6 Å². The summed E-state index contributed by atoms with van der Waals surface area (Å²) in [6.07, 6.45) is 0.580. The van der Waals surface area contributed by atoms with Gasteiger partial charge in [0, 0.05) is 24.2 Å². The number of nitrogens with zero attached hydrogens (tertiary/aromatic N) is 4. The first-order valence-electron chi connectivity index (χ1n) is 12.6. The molecule has 0 bridgehead atoms. The molecule has 1 atom stereocenters. The van der Waals surface area contributed by atoms with Crippen LogP contribution in [0.2, 0.25) is 0 Å². The molecule has 11 heteroatoms. The molecular weight excluding hydrogens is 522 g/mol. The topological polar surface area (TPSA) is 106 Å². The molecule has 0 spiro atoms. The van der Waals surface area contributed by atoms with Gasteiger partial charge in [-0.15, -0.1) is 10.2 Å². The van der Waals surface area contributed by atoms with E-state index in [1.165, 1.54) is 33.8 Å². The van der Waals surface area contributed by atoms with Gasteiger partial charge in [-0.3, -0.25) is 9.20 Å². The minimum Gasteiger partial charge on any atom is -0.379 e. The van der Waals surface area contributed by atoms with Crippen LogP contribution in [0.4, 0.5) is 5.69 Å². The predicted molar refractivity (Wildman–Crippen MR) is 149 cm³/mol. The first-order valence-corrected chi connectivity index (χ1v) is 14.9. The molecule has 0 saturated carbocycles. The highest BCUT2D eigenvalue weighted by Crippen LogP contribution is 2.32. The summed E-state index contributed by atoms with van der Waals surface area (Å²) in [5, 5.41) is 13.1. The third-order valence-electron chi connectivity index (χ3n) is 6.74. The number of carbonyl (C=O) groups is 1. The molecule has 1 aliphatic rings. The summed E-state index contributed by atoms with van der Waals surface area (Å²) in [7, 11) is -3.59. The van der Waals surface area contributed by atoms with E-state index in [4.69, 9.17) is 4.74 Å². The summed E-state index contributed by atoms with van der Waals surface area (Å²) in [5.74, 6) is -0.179. The predicted octanol–water partition coefficient (Wildman–Crippen LogP) is 4.34. The Balaban J connectivity index is 1.36. The van der Waals surface area contributed by atoms with Crippen LogP contribution in [0.3, 0.4) is 0 Å². The lowest BCUT2D eigenvalue weighted by Gasteiger charge is -2.26. The Bertz CT molecular complexity index is 1610. The molecule has 1 aliphatic heterocycles. The number of pyridine rings is 1. The fraction of sp³-hybridized carbons (Fsp3) is 0.370. The summed E-state index contributed by atoms with van der Waals surface area (Å²) in [5.41, 5.74) is 5.78. The van der Waals surface area contributed by atoms with Crippen LogP contribution in [0.15, 0.2) is 52.5 Å². The van der Waals surface area contributed by atoms with Gasteiger partial charge in [-0.05, 0) is 74.7 Å².